The Morgan fingerprint density at radius 2 is 1.65 bits per heavy atom. The molecule has 0 heterocycles. The Morgan fingerprint density at radius 3 is 2.26 bits per heavy atom. The maximum atomic E-state index is 12.4. The van der Waals surface area contributed by atoms with Gasteiger partial charge in [0.2, 0.25) is 0 Å². The summed E-state index contributed by atoms with van der Waals surface area (Å²) in [5.74, 6) is -0.340. The van der Waals surface area contributed by atoms with E-state index in [0.29, 0.717) is 6.54 Å². The van der Waals surface area contributed by atoms with Gasteiger partial charge in [0.1, 0.15) is 0 Å². The Bertz CT molecular complexity index is 824. The van der Waals surface area contributed by atoms with Gasteiger partial charge >= 0.3 is 0 Å². The van der Waals surface area contributed by atoms with Gasteiger partial charge in [-0.05, 0) is 30.5 Å². The van der Waals surface area contributed by atoms with Crippen LogP contribution < -0.4 is 5.32 Å². The van der Waals surface area contributed by atoms with Crippen molar-refractivity contribution in [1.29, 1.82) is 0 Å². The number of benzene rings is 2. The first-order valence-electron chi connectivity index (χ1n) is 7.55. The molecule has 0 aromatic heterocycles. The fourth-order valence-electron chi connectivity index (χ4n) is 2.83. The van der Waals surface area contributed by atoms with E-state index in [0.717, 1.165) is 19.1 Å². The topological polar surface area (TPSA) is 63.2 Å². The van der Waals surface area contributed by atoms with Crippen molar-refractivity contribution in [2.75, 3.05) is 12.8 Å². The lowest BCUT2D eigenvalue weighted by Crippen LogP contribution is -2.33. The number of rotatable bonds is 5. The molecule has 1 aliphatic rings. The maximum Gasteiger partial charge on any atom is 0.252 e. The molecule has 0 spiro atoms. The zero-order valence-corrected chi connectivity index (χ0v) is 13.8. The molecule has 2 aromatic carbocycles. The fourth-order valence-corrected chi connectivity index (χ4v) is 3.72. The Hall–Kier alpha value is -2.14. The average molecular weight is 329 g/mol. The zero-order chi connectivity index (χ0) is 16.5. The molecule has 1 amide bonds. The highest BCUT2D eigenvalue weighted by atomic mass is 32.2. The van der Waals surface area contributed by atoms with Crippen molar-refractivity contribution in [2.45, 2.75) is 23.2 Å². The second kappa shape index (κ2) is 5.81. The molecule has 0 aliphatic heterocycles. The van der Waals surface area contributed by atoms with Crippen LogP contribution in [0.15, 0.2) is 59.5 Å². The second-order valence-electron chi connectivity index (χ2n) is 6.10. The average Bonchev–Trinajstić information content (AvgIpc) is 3.34. The molecule has 1 aliphatic carbocycles. The third-order valence-electron chi connectivity index (χ3n) is 4.36. The summed E-state index contributed by atoms with van der Waals surface area (Å²) in [7, 11) is -3.43. The molecule has 0 saturated heterocycles. The summed E-state index contributed by atoms with van der Waals surface area (Å²) in [4.78, 5) is 12.5. The Morgan fingerprint density at radius 1 is 1.04 bits per heavy atom. The molecule has 0 radical (unpaired) electrons. The molecule has 4 nitrogen and oxygen atoms in total. The van der Waals surface area contributed by atoms with Crippen LogP contribution in [0.4, 0.5) is 0 Å². The van der Waals surface area contributed by atoms with E-state index in [9.17, 15) is 13.2 Å². The monoisotopic (exact) mass is 329 g/mol. The summed E-state index contributed by atoms with van der Waals surface area (Å²) in [6.07, 6.45) is 3.18. The number of hydrogen-bond donors (Lipinski definition) is 1. The van der Waals surface area contributed by atoms with Crippen LogP contribution >= 0.6 is 0 Å². The van der Waals surface area contributed by atoms with E-state index in [-0.39, 0.29) is 21.8 Å². The molecule has 2 aromatic rings. The molecule has 0 unspecified atom stereocenters. The molecule has 1 fully saturated rings. The molecule has 0 bridgehead atoms. The van der Waals surface area contributed by atoms with Crippen molar-refractivity contribution in [3.8, 4) is 0 Å². The minimum atomic E-state index is -3.43. The van der Waals surface area contributed by atoms with Gasteiger partial charge in [0, 0.05) is 18.2 Å². The van der Waals surface area contributed by atoms with Crippen molar-refractivity contribution in [3.63, 3.8) is 0 Å². The quantitative estimate of drug-likeness (QED) is 0.917. The summed E-state index contributed by atoms with van der Waals surface area (Å²) in [6, 6.07) is 16.4. The summed E-state index contributed by atoms with van der Waals surface area (Å²) in [6.45, 7) is 0.522. The van der Waals surface area contributed by atoms with Gasteiger partial charge in [0.25, 0.3) is 5.91 Å². The highest BCUT2D eigenvalue weighted by Gasteiger charge is 2.44. The van der Waals surface area contributed by atoms with Crippen LogP contribution in [0.2, 0.25) is 0 Å². The van der Waals surface area contributed by atoms with Crippen molar-refractivity contribution in [3.05, 3.63) is 65.7 Å². The van der Waals surface area contributed by atoms with Crippen molar-refractivity contribution < 1.29 is 13.2 Å². The van der Waals surface area contributed by atoms with Gasteiger partial charge in [-0.15, -0.1) is 0 Å². The van der Waals surface area contributed by atoms with Crippen LogP contribution in [-0.2, 0) is 15.3 Å². The third-order valence-corrected chi connectivity index (χ3v) is 5.51. The van der Waals surface area contributed by atoms with Gasteiger partial charge in [-0.25, -0.2) is 8.42 Å². The van der Waals surface area contributed by atoms with E-state index in [1.807, 2.05) is 18.2 Å². The van der Waals surface area contributed by atoms with Gasteiger partial charge in [0.05, 0.1) is 10.5 Å². The van der Waals surface area contributed by atoms with Crippen LogP contribution in [-0.4, -0.2) is 27.1 Å². The van der Waals surface area contributed by atoms with Crippen molar-refractivity contribution in [2.24, 2.45) is 0 Å². The lowest BCUT2D eigenvalue weighted by molar-refractivity contribution is 0.0946. The maximum absolute atomic E-state index is 12.4. The molecule has 5 heteroatoms. The van der Waals surface area contributed by atoms with Crippen LogP contribution in [0, 0.1) is 0 Å². The van der Waals surface area contributed by atoms with Gasteiger partial charge in [-0.3, -0.25) is 4.79 Å². The normalized spacial score (nSPS) is 15.9. The van der Waals surface area contributed by atoms with E-state index in [2.05, 4.69) is 17.4 Å². The second-order valence-corrected chi connectivity index (χ2v) is 8.08. The van der Waals surface area contributed by atoms with Crippen molar-refractivity contribution >= 4 is 15.7 Å². The number of nitrogens with one attached hydrogen (secondary N) is 1. The van der Waals surface area contributed by atoms with E-state index in [1.165, 1.54) is 11.6 Å². The Kier molecular flexibility index (Phi) is 3.98. The first kappa shape index (κ1) is 15.7. The lowest BCUT2D eigenvalue weighted by atomic mass is 9.96. The number of carbonyl (C=O) groups excluding carboxylic acids is 1. The first-order valence-corrected chi connectivity index (χ1v) is 9.44. The van der Waals surface area contributed by atoms with Gasteiger partial charge in [-0.2, -0.15) is 0 Å². The highest BCUT2D eigenvalue weighted by molar-refractivity contribution is 7.90. The van der Waals surface area contributed by atoms with E-state index in [4.69, 9.17) is 0 Å². The van der Waals surface area contributed by atoms with Crippen LogP contribution in [0.25, 0.3) is 0 Å². The van der Waals surface area contributed by atoms with Crippen molar-refractivity contribution in [1.82, 2.24) is 5.32 Å². The van der Waals surface area contributed by atoms with Crippen LogP contribution in [0.5, 0.6) is 0 Å². The van der Waals surface area contributed by atoms with Gasteiger partial charge in [-0.1, -0.05) is 42.5 Å². The minimum absolute atomic E-state index is 0.00302. The van der Waals surface area contributed by atoms with Gasteiger partial charge in [0.15, 0.2) is 9.84 Å². The summed E-state index contributed by atoms with van der Waals surface area (Å²) in [5, 5.41) is 2.91. The SMILES string of the molecule is CS(=O)(=O)c1ccccc1C(=O)NCC1(c2ccccc2)CC1. The lowest BCUT2D eigenvalue weighted by Gasteiger charge is -2.17. The molecule has 1 N–H and O–H groups in total. The summed E-state index contributed by atoms with van der Waals surface area (Å²) in [5.41, 5.74) is 1.42. The molecular formula is C18H19NO3S. The summed E-state index contributed by atoms with van der Waals surface area (Å²) >= 11 is 0. The number of sulfone groups is 1. The summed E-state index contributed by atoms with van der Waals surface area (Å²) < 4.78 is 23.6. The fraction of sp³-hybridized carbons (Fsp3) is 0.278. The number of amides is 1. The highest BCUT2D eigenvalue weighted by Crippen LogP contribution is 2.47. The largest absolute Gasteiger partial charge is 0.351 e. The van der Waals surface area contributed by atoms with E-state index in [1.54, 1.807) is 18.2 Å². The number of hydrogen-bond acceptors (Lipinski definition) is 3. The Labute approximate surface area is 136 Å². The van der Waals surface area contributed by atoms with Crippen LogP contribution in [0.3, 0.4) is 0 Å². The molecule has 0 atom stereocenters. The number of carbonyl (C=O) groups is 1. The minimum Gasteiger partial charge on any atom is -0.351 e. The third kappa shape index (κ3) is 3.29. The van der Waals surface area contributed by atoms with E-state index < -0.39 is 9.84 Å². The molecule has 1 saturated carbocycles. The van der Waals surface area contributed by atoms with Gasteiger partial charge < -0.3 is 5.32 Å². The molecule has 120 valence electrons. The van der Waals surface area contributed by atoms with Crippen LogP contribution in [0.1, 0.15) is 28.8 Å². The standard InChI is InChI=1S/C18H19NO3S/c1-23(21,22)16-10-6-5-9-15(16)17(20)19-13-18(11-12-18)14-7-3-2-4-8-14/h2-10H,11-13H2,1H3,(H,19,20). The Balaban J connectivity index is 1.77. The smallest absolute Gasteiger partial charge is 0.252 e. The molecule has 23 heavy (non-hydrogen) atoms. The molecular weight excluding hydrogens is 310 g/mol. The van der Waals surface area contributed by atoms with E-state index >= 15 is 0 Å². The molecule has 3 rings (SSSR count). The zero-order valence-electron chi connectivity index (χ0n) is 13.0. The predicted molar refractivity (Wildman–Crippen MR) is 89.2 cm³/mol. The first-order chi connectivity index (χ1) is 10.9. The predicted octanol–water partition coefficient (Wildman–Crippen LogP) is 2.55.